The molecule has 0 spiro atoms. The van der Waals surface area contributed by atoms with Crippen molar-refractivity contribution in [1.29, 1.82) is 0 Å². The van der Waals surface area contributed by atoms with Crippen molar-refractivity contribution in [3.05, 3.63) is 24.3 Å². The summed E-state index contributed by atoms with van der Waals surface area (Å²) in [6, 6.07) is 7.72. The highest BCUT2D eigenvalue weighted by Gasteiger charge is 2.26. The van der Waals surface area contributed by atoms with E-state index in [1.165, 1.54) is 11.8 Å². The van der Waals surface area contributed by atoms with Gasteiger partial charge in [-0.1, -0.05) is 18.7 Å². The number of hydrogen-bond acceptors (Lipinski definition) is 5. The van der Waals surface area contributed by atoms with Crippen LogP contribution >= 0.6 is 11.8 Å². The Hall–Kier alpha value is -2.02. The summed E-state index contributed by atoms with van der Waals surface area (Å²) in [6.45, 7) is 5.93. The third-order valence-corrected chi connectivity index (χ3v) is 6.03. The van der Waals surface area contributed by atoms with Gasteiger partial charge in [-0.05, 0) is 49.9 Å². The zero-order valence-electron chi connectivity index (χ0n) is 15.8. The number of hydrogen-bond donors (Lipinski definition) is 0. The maximum atomic E-state index is 12.7. The number of benzene rings is 1. The fourth-order valence-corrected chi connectivity index (χ4v) is 4.00. The second kappa shape index (κ2) is 8.12. The Balaban J connectivity index is 1.68. The van der Waals surface area contributed by atoms with Gasteiger partial charge in [0.25, 0.3) is 0 Å². The first-order valence-corrected chi connectivity index (χ1v) is 9.86. The molecule has 3 rings (SSSR count). The molecule has 1 atom stereocenters. The van der Waals surface area contributed by atoms with Crippen molar-refractivity contribution in [3.63, 3.8) is 0 Å². The molecule has 1 aromatic heterocycles. The van der Waals surface area contributed by atoms with E-state index in [2.05, 4.69) is 17.1 Å². The molecule has 1 aliphatic rings. The summed E-state index contributed by atoms with van der Waals surface area (Å²) in [5.41, 5.74) is 0.969. The number of aromatic nitrogens is 3. The molecule has 1 saturated heterocycles. The lowest BCUT2D eigenvalue weighted by atomic mass is 9.99. The van der Waals surface area contributed by atoms with Crippen molar-refractivity contribution in [3.8, 4) is 17.1 Å². The van der Waals surface area contributed by atoms with Crippen LogP contribution in [0.3, 0.4) is 0 Å². The number of methoxy groups -OCH3 is 1. The molecule has 0 saturated carbocycles. The van der Waals surface area contributed by atoms with Crippen molar-refractivity contribution in [2.45, 2.75) is 37.1 Å². The maximum absolute atomic E-state index is 12.7. The van der Waals surface area contributed by atoms with E-state index in [0.29, 0.717) is 5.92 Å². The second-order valence-corrected chi connectivity index (χ2v) is 8.17. The van der Waals surface area contributed by atoms with Crippen LogP contribution in [0.5, 0.6) is 5.75 Å². The van der Waals surface area contributed by atoms with Gasteiger partial charge in [-0.15, -0.1) is 10.2 Å². The van der Waals surface area contributed by atoms with Gasteiger partial charge in [0.05, 0.1) is 12.4 Å². The first-order chi connectivity index (χ1) is 12.5. The largest absolute Gasteiger partial charge is 0.497 e. The summed E-state index contributed by atoms with van der Waals surface area (Å²) in [4.78, 5) is 14.7. The molecule has 1 aromatic carbocycles. The van der Waals surface area contributed by atoms with Gasteiger partial charge in [-0.3, -0.25) is 4.79 Å². The summed E-state index contributed by atoms with van der Waals surface area (Å²) in [6.07, 6.45) is 2.18. The first-order valence-electron chi connectivity index (χ1n) is 8.99. The van der Waals surface area contributed by atoms with Crippen LogP contribution in [0.25, 0.3) is 11.4 Å². The maximum Gasteiger partial charge on any atom is 0.235 e. The van der Waals surface area contributed by atoms with Crippen molar-refractivity contribution >= 4 is 17.7 Å². The molecule has 0 aliphatic carbocycles. The summed E-state index contributed by atoms with van der Waals surface area (Å²) >= 11 is 1.47. The van der Waals surface area contributed by atoms with E-state index in [1.54, 1.807) is 7.11 Å². The molecule has 1 fully saturated rings. The standard InChI is InChI=1S/C19H26N4O2S/c1-13-9-11-23(12-10-13)18(24)14(2)26-19-21-20-17(22(19)3)15-5-7-16(25-4)8-6-15/h5-8,13-14H,9-12H2,1-4H3/t14-/m1/s1. The van der Waals surface area contributed by atoms with E-state index in [-0.39, 0.29) is 11.2 Å². The van der Waals surface area contributed by atoms with Crippen LogP contribution in [0.15, 0.2) is 29.4 Å². The lowest BCUT2D eigenvalue weighted by Gasteiger charge is -2.31. The quantitative estimate of drug-likeness (QED) is 0.752. The van der Waals surface area contributed by atoms with Crippen molar-refractivity contribution in [2.24, 2.45) is 13.0 Å². The molecule has 2 aromatic rings. The molecule has 26 heavy (non-hydrogen) atoms. The monoisotopic (exact) mass is 374 g/mol. The lowest BCUT2D eigenvalue weighted by Crippen LogP contribution is -2.41. The van der Waals surface area contributed by atoms with Crippen molar-refractivity contribution < 1.29 is 9.53 Å². The predicted molar refractivity (Wildman–Crippen MR) is 103 cm³/mol. The fourth-order valence-electron chi connectivity index (χ4n) is 3.10. The van der Waals surface area contributed by atoms with Gasteiger partial charge in [-0.2, -0.15) is 0 Å². The Morgan fingerprint density at radius 1 is 1.23 bits per heavy atom. The normalized spacial score (nSPS) is 16.5. The van der Waals surface area contributed by atoms with Gasteiger partial charge in [0.2, 0.25) is 5.91 Å². The van der Waals surface area contributed by atoms with Crippen LogP contribution < -0.4 is 4.74 Å². The molecular weight excluding hydrogens is 348 g/mol. The van der Waals surface area contributed by atoms with Crippen molar-refractivity contribution in [2.75, 3.05) is 20.2 Å². The molecule has 140 valence electrons. The topological polar surface area (TPSA) is 60.3 Å². The number of carbonyl (C=O) groups excluding carboxylic acids is 1. The minimum atomic E-state index is -0.171. The van der Waals surface area contributed by atoms with E-state index < -0.39 is 0 Å². The van der Waals surface area contributed by atoms with Crippen LogP contribution in [0, 0.1) is 5.92 Å². The molecule has 0 N–H and O–H groups in total. The molecule has 0 bridgehead atoms. The minimum absolute atomic E-state index is 0.171. The average molecular weight is 375 g/mol. The van der Waals surface area contributed by atoms with Gasteiger partial charge in [0.1, 0.15) is 5.75 Å². The minimum Gasteiger partial charge on any atom is -0.497 e. The van der Waals surface area contributed by atoms with Gasteiger partial charge >= 0.3 is 0 Å². The molecule has 1 amide bonds. The third kappa shape index (κ3) is 4.03. The number of carbonyl (C=O) groups is 1. The molecule has 0 unspecified atom stereocenters. The Morgan fingerprint density at radius 2 is 1.88 bits per heavy atom. The van der Waals surface area contributed by atoms with Crippen LogP contribution in [0.4, 0.5) is 0 Å². The van der Waals surface area contributed by atoms with Gasteiger partial charge in [0.15, 0.2) is 11.0 Å². The highest BCUT2D eigenvalue weighted by atomic mass is 32.2. The Morgan fingerprint density at radius 3 is 2.50 bits per heavy atom. The summed E-state index contributed by atoms with van der Waals surface area (Å²) in [5, 5.41) is 9.17. The molecule has 6 nitrogen and oxygen atoms in total. The zero-order valence-corrected chi connectivity index (χ0v) is 16.6. The molecule has 2 heterocycles. The summed E-state index contributed by atoms with van der Waals surface area (Å²) < 4.78 is 7.13. The molecule has 1 aliphatic heterocycles. The van der Waals surface area contributed by atoms with E-state index in [1.807, 2.05) is 47.7 Å². The number of amides is 1. The van der Waals surface area contributed by atoms with E-state index >= 15 is 0 Å². The summed E-state index contributed by atoms with van der Waals surface area (Å²) in [5.74, 6) is 2.49. The number of ether oxygens (including phenoxy) is 1. The SMILES string of the molecule is COc1ccc(-c2nnc(S[C@H](C)C(=O)N3CCC(C)CC3)n2C)cc1. The van der Waals surface area contributed by atoms with Crippen LogP contribution in [0.1, 0.15) is 26.7 Å². The predicted octanol–water partition coefficient (Wildman–Crippen LogP) is 3.23. The number of piperidine rings is 1. The lowest BCUT2D eigenvalue weighted by molar-refractivity contribution is -0.131. The second-order valence-electron chi connectivity index (χ2n) is 6.86. The van der Waals surface area contributed by atoms with Gasteiger partial charge in [-0.25, -0.2) is 0 Å². The third-order valence-electron chi connectivity index (χ3n) is 4.91. The Bertz CT molecular complexity index is 751. The molecular formula is C19H26N4O2S. The van der Waals surface area contributed by atoms with Crippen molar-refractivity contribution in [1.82, 2.24) is 19.7 Å². The van der Waals surface area contributed by atoms with Crippen LogP contribution in [0.2, 0.25) is 0 Å². The average Bonchev–Trinajstić information content (AvgIpc) is 3.02. The zero-order chi connectivity index (χ0) is 18.7. The number of nitrogens with zero attached hydrogens (tertiary/aromatic N) is 4. The van der Waals surface area contributed by atoms with E-state index in [4.69, 9.17) is 4.74 Å². The smallest absolute Gasteiger partial charge is 0.235 e. The number of rotatable bonds is 5. The highest BCUT2D eigenvalue weighted by molar-refractivity contribution is 8.00. The first kappa shape index (κ1) is 18.8. The fraction of sp³-hybridized carbons (Fsp3) is 0.526. The van der Waals surface area contributed by atoms with Crippen LogP contribution in [-0.2, 0) is 11.8 Å². The number of thioether (sulfide) groups is 1. The molecule has 0 radical (unpaired) electrons. The Labute approximate surface area is 158 Å². The molecule has 7 heteroatoms. The number of likely N-dealkylation sites (tertiary alicyclic amines) is 1. The highest BCUT2D eigenvalue weighted by Crippen LogP contribution is 2.28. The van der Waals surface area contributed by atoms with E-state index in [9.17, 15) is 4.79 Å². The van der Waals surface area contributed by atoms with Gasteiger partial charge in [0, 0.05) is 25.7 Å². The Kier molecular flexibility index (Phi) is 5.86. The summed E-state index contributed by atoms with van der Waals surface area (Å²) in [7, 11) is 3.58. The van der Waals surface area contributed by atoms with Crippen LogP contribution in [-0.4, -0.2) is 51.0 Å². The van der Waals surface area contributed by atoms with E-state index in [0.717, 1.165) is 48.2 Å². The van der Waals surface area contributed by atoms with Gasteiger partial charge < -0.3 is 14.2 Å².